The lowest BCUT2D eigenvalue weighted by Gasteiger charge is -2.24. The lowest BCUT2D eigenvalue weighted by atomic mass is 9.86. The van der Waals surface area contributed by atoms with Crippen molar-refractivity contribution in [3.05, 3.63) is 0 Å². The third-order valence-corrected chi connectivity index (χ3v) is 2.63. The maximum atomic E-state index is 11.4. The first kappa shape index (κ1) is 9.03. The Bertz CT molecular complexity index is 236. The lowest BCUT2D eigenvalue weighted by molar-refractivity contribution is -0.124. The molecule has 0 radical (unpaired) electrons. The maximum Gasteiger partial charge on any atom is 0.254 e. The number of rotatable bonds is 2. The lowest BCUT2D eigenvalue weighted by Crippen LogP contribution is -2.42. The van der Waals surface area contributed by atoms with Gasteiger partial charge < -0.3 is 5.73 Å². The van der Waals surface area contributed by atoms with Crippen molar-refractivity contribution in [2.24, 2.45) is 16.6 Å². The maximum absolute atomic E-state index is 11.4. The van der Waals surface area contributed by atoms with Gasteiger partial charge in [0.25, 0.3) is 5.91 Å². The molecule has 1 amide bonds. The molecule has 1 aliphatic rings. The van der Waals surface area contributed by atoms with Crippen LogP contribution in [0.1, 0.15) is 27.2 Å². The van der Waals surface area contributed by atoms with Gasteiger partial charge in [0.2, 0.25) is 0 Å². The quantitative estimate of drug-likeness (QED) is 0.621. The normalized spacial score (nSPS) is 31.2. The molecule has 0 aromatic rings. The topological polar surface area (TPSA) is 67.5 Å². The zero-order valence-corrected chi connectivity index (χ0v) is 7.72. The first-order valence-corrected chi connectivity index (χ1v) is 4.17. The second-order valence-corrected chi connectivity index (χ2v) is 3.41. The van der Waals surface area contributed by atoms with E-state index in [0.717, 1.165) is 6.42 Å². The van der Waals surface area contributed by atoms with Crippen molar-refractivity contribution in [2.45, 2.75) is 32.7 Å². The van der Waals surface area contributed by atoms with Crippen LogP contribution in [0.15, 0.2) is 4.99 Å². The predicted molar refractivity (Wildman–Crippen MR) is 47.6 cm³/mol. The van der Waals surface area contributed by atoms with Gasteiger partial charge in [-0.05, 0) is 12.8 Å². The number of nitrogens with two attached hydrogens (primary N) is 1. The summed E-state index contributed by atoms with van der Waals surface area (Å²) in [6, 6.07) is 0. The van der Waals surface area contributed by atoms with Crippen molar-refractivity contribution in [3.63, 3.8) is 0 Å². The fourth-order valence-electron chi connectivity index (χ4n) is 1.30. The van der Waals surface area contributed by atoms with E-state index in [4.69, 9.17) is 5.73 Å². The van der Waals surface area contributed by atoms with Gasteiger partial charge in [-0.3, -0.25) is 10.1 Å². The van der Waals surface area contributed by atoms with E-state index in [0.29, 0.717) is 0 Å². The van der Waals surface area contributed by atoms with Crippen LogP contribution in [0.5, 0.6) is 0 Å². The highest BCUT2D eigenvalue weighted by Crippen LogP contribution is 2.27. The molecule has 2 atom stereocenters. The van der Waals surface area contributed by atoms with Gasteiger partial charge in [0.1, 0.15) is 5.54 Å². The summed E-state index contributed by atoms with van der Waals surface area (Å²) < 4.78 is 0. The Morgan fingerprint density at radius 3 is 2.67 bits per heavy atom. The van der Waals surface area contributed by atoms with Crippen LogP contribution in [-0.4, -0.2) is 17.4 Å². The minimum atomic E-state index is -0.654. The Kier molecular flexibility index (Phi) is 2.08. The van der Waals surface area contributed by atoms with E-state index in [1.54, 1.807) is 0 Å². The van der Waals surface area contributed by atoms with E-state index in [1.807, 2.05) is 20.8 Å². The predicted octanol–water partition coefficient (Wildman–Crippen LogP) is 0.236. The Morgan fingerprint density at radius 1 is 1.75 bits per heavy atom. The van der Waals surface area contributed by atoms with E-state index >= 15 is 0 Å². The highest BCUT2D eigenvalue weighted by atomic mass is 16.2. The number of hydrogen-bond acceptors (Lipinski definition) is 3. The Morgan fingerprint density at radius 2 is 2.33 bits per heavy atom. The molecule has 4 heteroatoms. The molecule has 0 saturated heterocycles. The summed E-state index contributed by atoms with van der Waals surface area (Å²) in [7, 11) is 0. The van der Waals surface area contributed by atoms with Crippen LogP contribution < -0.4 is 11.1 Å². The van der Waals surface area contributed by atoms with Crippen molar-refractivity contribution >= 4 is 11.9 Å². The van der Waals surface area contributed by atoms with Gasteiger partial charge in [0.05, 0.1) is 0 Å². The summed E-state index contributed by atoms with van der Waals surface area (Å²) in [6.45, 7) is 5.85. The average molecular weight is 169 g/mol. The highest BCUT2D eigenvalue weighted by molar-refractivity contribution is 6.06. The number of nitrogens with zero attached hydrogens (tertiary/aromatic N) is 1. The molecule has 1 rings (SSSR count). The molecule has 3 N–H and O–H groups in total. The standard InChI is InChI=1S/C8H15N3O/c1-4-5(2)8(3)6(12)10-7(9)11-8/h5H,4H2,1-3H3,(H3,9,10,11,12). The smallest absolute Gasteiger partial charge is 0.254 e. The number of guanidine groups is 1. The molecule has 12 heavy (non-hydrogen) atoms. The molecule has 68 valence electrons. The molecular weight excluding hydrogens is 154 g/mol. The Hall–Kier alpha value is -1.06. The molecule has 0 spiro atoms. The zero-order valence-electron chi connectivity index (χ0n) is 7.72. The zero-order chi connectivity index (χ0) is 9.35. The van der Waals surface area contributed by atoms with Gasteiger partial charge >= 0.3 is 0 Å². The van der Waals surface area contributed by atoms with E-state index in [-0.39, 0.29) is 17.8 Å². The Balaban J connectivity index is 2.90. The fourth-order valence-corrected chi connectivity index (χ4v) is 1.30. The third-order valence-electron chi connectivity index (χ3n) is 2.63. The van der Waals surface area contributed by atoms with Gasteiger partial charge in [-0.2, -0.15) is 0 Å². The molecule has 2 unspecified atom stereocenters. The van der Waals surface area contributed by atoms with Gasteiger partial charge in [0, 0.05) is 0 Å². The van der Waals surface area contributed by atoms with Crippen LogP contribution in [0.4, 0.5) is 0 Å². The summed E-state index contributed by atoms with van der Waals surface area (Å²) in [5.41, 5.74) is 4.76. The molecule has 1 heterocycles. The van der Waals surface area contributed by atoms with Crippen LogP contribution >= 0.6 is 0 Å². The van der Waals surface area contributed by atoms with Crippen LogP contribution in [0.25, 0.3) is 0 Å². The van der Waals surface area contributed by atoms with Crippen LogP contribution in [0.2, 0.25) is 0 Å². The monoisotopic (exact) mass is 169 g/mol. The molecule has 0 fully saturated rings. The van der Waals surface area contributed by atoms with Crippen LogP contribution in [-0.2, 0) is 4.79 Å². The van der Waals surface area contributed by atoms with Crippen LogP contribution in [0, 0.1) is 5.92 Å². The molecule has 0 saturated carbocycles. The van der Waals surface area contributed by atoms with Gasteiger partial charge in [-0.25, -0.2) is 4.99 Å². The molecule has 4 nitrogen and oxygen atoms in total. The van der Waals surface area contributed by atoms with E-state index in [2.05, 4.69) is 10.3 Å². The summed E-state index contributed by atoms with van der Waals surface area (Å²) in [4.78, 5) is 15.5. The Labute approximate surface area is 72.2 Å². The minimum Gasteiger partial charge on any atom is -0.370 e. The first-order chi connectivity index (χ1) is 5.50. The van der Waals surface area contributed by atoms with Crippen LogP contribution in [0.3, 0.4) is 0 Å². The molecule has 0 aliphatic carbocycles. The fraction of sp³-hybridized carbons (Fsp3) is 0.750. The van der Waals surface area contributed by atoms with E-state index in [9.17, 15) is 4.79 Å². The van der Waals surface area contributed by atoms with Crippen molar-refractivity contribution in [3.8, 4) is 0 Å². The molecule has 0 bridgehead atoms. The van der Waals surface area contributed by atoms with Crippen molar-refractivity contribution in [1.82, 2.24) is 5.32 Å². The summed E-state index contributed by atoms with van der Waals surface area (Å²) in [5, 5.41) is 2.51. The summed E-state index contributed by atoms with van der Waals surface area (Å²) >= 11 is 0. The first-order valence-electron chi connectivity index (χ1n) is 4.17. The van der Waals surface area contributed by atoms with Crippen molar-refractivity contribution < 1.29 is 4.79 Å². The van der Waals surface area contributed by atoms with E-state index in [1.165, 1.54) is 0 Å². The number of carbonyl (C=O) groups excluding carboxylic acids is 1. The van der Waals surface area contributed by atoms with Crippen molar-refractivity contribution in [1.29, 1.82) is 0 Å². The number of nitrogens with one attached hydrogen (secondary N) is 1. The number of carbonyl (C=O) groups is 1. The second-order valence-electron chi connectivity index (χ2n) is 3.41. The molecule has 0 aromatic heterocycles. The third kappa shape index (κ3) is 1.17. The molecular formula is C8H15N3O. The number of aliphatic imine (C=N–C) groups is 1. The molecule has 0 aromatic carbocycles. The molecule has 1 aliphatic heterocycles. The highest BCUT2D eigenvalue weighted by Gasteiger charge is 2.42. The average Bonchev–Trinajstić information content (AvgIpc) is 2.26. The summed E-state index contributed by atoms with van der Waals surface area (Å²) in [6.07, 6.45) is 0.917. The second kappa shape index (κ2) is 2.77. The van der Waals surface area contributed by atoms with Gasteiger partial charge in [-0.15, -0.1) is 0 Å². The van der Waals surface area contributed by atoms with Gasteiger partial charge in [0.15, 0.2) is 5.96 Å². The van der Waals surface area contributed by atoms with E-state index < -0.39 is 5.54 Å². The number of amides is 1. The van der Waals surface area contributed by atoms with Crippen molar-refractivity contribution in [2.75, 3.05) is 0 Å². The SMILES string of the molecule is CCC(C)C1(C)N=C(N)NC1=O. The largest absolute Gasteiger partial charge is 0.370 e. The number of hydrogen-bond donors (Lipinski definition) is 2. The summed E-state index contributed by atoms with van der Waals surface area (Å²) in [5.74, 6) is 0.371. The minimum absolute atomic E-state index is 0.0886. The van der Waals surface area contributed by atoms with Gasteiger partial charge in [-0.1, -0.05) is 20.3 Å².